The molecule has 0 bridgehead atoms. The summed E-state index contributed by atoms with van der Waals surface area (Å²) in [5, 5.41) is 0. The van der Waals surface area contributed by atoms with E-state index in [1.165, 1.54) is 72.4 Å². The van der Waals surface area contributed by atoms with E-state index in [2.05, 4.69) is 95.8 Å². The third-order valence-electron chi connectivity index (χ3n) is 8.88. The van der Waals surface area contributed by atoms with Crippen LogP contribution in [0.5, 0.6) is 0 Å². The minimum Gasteiger partial charge on any atom is -0.0955 e. The second-order valence-electron chi connectivity index (χ2n) is 11.3. The lowest BCUT2D eigenvalue weighted by Crippen LogP contribution is -2.21. The average Bonchev–Trinajstić information content (AvgIpc) is 3.38. The molecule has 3 aliphatic carbocycles. The van der Waals surface area contributed by atoms with Crippen LogP contribution in [0.4, 0.5) is 0 Å². The van der Waals surface area contributed by atoms with Gasteiger partial charge in [0.15, 0.2) is 0 Å². The molecular formula is C37H42. The van der Waals surface area contributed by atoms with Crippen molar-refractivity contribution in [1.29, 1.82) is 0 Å². The van der Waals surface area contributed by atoms with E-state index in [1.54, 1.807) is 0 Å². The number of allylic oxidation sites excluding steroid dienone is 10. The Morgan fingerprint density at radius 2 is 1.70 bits per heavy atom. The highest BCUT2D eigenvalue weighted by molar-refractivity contribution is 5.84. The normalized spacial score (nSPS) is 22.0. The van der Waals surface area contributed by atoms with Gasteiger partial charge >= 0.3 is 0 Å². The predicted octanol–water partition coefficient (Wildman–Crippen LogP) is 10.0. The van der Waals surface area contributed by atoms with Crippen molar-refractivity contribution < 1.29 is 0 Å². The Hall–Kier alpha value is -3.12. The lowest BCUT2D eigenvalue weighted by molar-refractivity contribution is 0.618. The standard InChI is InChI=1S/C37H42/c1-8-13-23(4)35-25(6)19-32-21-31(22-34-24(5)18-29-14-11-12-15-33(29)34)26(7)36(32)37(35)30-17-16-27(9-2)28(10-3)20-30/h11-12,14-17,19-20,22,36-37H,4,7-10,13,18,21H2,1-3,5-6H3. The van der Waals surface area contributed by atoms with Crippen molar-refractivity contribution in [3.8, 4) is 0 Å². The Morgan fingerprint density at radius 1 is 0.946 bits per heavy atom. The fourth-order valence-corrected chi connectivity index (χ4v) is 7.07. The third-order valence-corrected chi connectivity index (χ3v) is 8.88. The molecule has 2 atom stereocenters. The van der Waals surface area contributed by atoms with Gasteiger partial charge in [-0.15, -0.1) is 0 Å². The van der Waals surface area contributed by atoms with Crippen LogP contribution in [0.15, 0.2) is 107 Å². The highest BCUT2D eigenvalue weighted by atomic mass is 14.4. The predicted molar refractivity (Wildman–Crippen MR) is 161 cm³/mol. The van der Waals surface area contributed by atoms with Crippen LogP contribution in [0.25, 0.3) is 5.57 Å². The van der Waals surface area contributed by atoms with Crippen molar-refractivity contribution in [2.75, 3.05) is 0 Å². The van der Waals surface area contributed by atoms with Gasteiger partial charge in [0.25, 0.3) is 0 Å². The summed E-state index contributed by atoms with van der Waals surface area (Å²) in [5.74, 6) is 0.605. The molecule has 0 saturated heterocycles. The van der Waals surface area contributed by atoms with Crippen LogP contribution < -0.4 is 0 Å². The van der Waals surface area contributed by atoms with Crippen LogP contribution in [-0.4, -0.2) is 0 Å². The van der Waals surface area contributed by atoms with Gasteiger partial charge in [-0.05, 0) is 102 Å². The van der Waals surface area contributed by atoms with Crippen LogP contribution in [0.2, 0.25) is 0 Å². The minimum absolute atomic E-state index is 0.291. The van der Waals surface area contributed by atoms with Crippen molar-refractivity contribution in [1.82, 2.24) is 0 Å². The first-order valence-electron chi connectivity index (χ1n) is 14.3. The molecule has 0 spiro atoms. The summed E-state index contributed by atoms with van der Waals surface area (Å²) in [7, 11) is 0. The maximum atomic E-state index is 4.78. The summed E-state index contributed by atoms with van der Waals surface area (Å²) < 4.78 is 0. The van der Waals surface area contributed by atoms with Gasteiger partial charge in [0.05, 0.1) is 0 Å². The summed E-state index contributed by atoms with van der Waals surface area (Å²) in [4.78, 5) is 0. The van der Waals surface area contributed by atoms with Crippen LogP contribution in [0.1, 0.15) is 87.6 Å². The second-order valence-corrected chi connectivity index (χ2v) is 11.3. The Kier molecular flexibility index (Phi) is 7.13. The van der Waals surface area contributed by atoms with Crippen LogP contribution >= 0.6 is 0 Å². The zero-order chi connectivity index (χ0) is 26.3. The summed E-state index contributed by atoms with van der Waals surface area (Å²) in [5.41, 5.74) is 18.5. The highest BCUT2D eigenvalue weighted by Gasteiger charge is 2.41. The third kappa shape index (κ3) is 4.46. The van der Waals surface area contributed by atoms with Gasteiger partial charge in [-0.1, -0.05) is 112 Å². The number of hydrogen-bond acceptors (Lipinski definition) is 0. The van der Waals surface area contributed by atoms with Crippen LogP contribution in [0.3, 0.4) is 0 Å². The first kappa shape index (κ1) is 25.5. The van der Waals surface area contributed by atoms with Gasteiger partial charge < -0.3 is 0 Å². The molecule has 0 N–H and O–H groups in total. The number of rotatable bonds is 7. The summed E-state index contributed by atoms with van der Waals surface area (Å²) >= 11 is 0. The summed E-state index contributed by atoms with van der Waals surface area (Å²) in [6, 6.07) is 16.2. The Labute approximate surface area is 224 Å². The minimum atomic E-state index is 0.291. The van der Waals surface area contributed by atoms with Gasteiger partial charge in [-0.25, -0.2) is 0 Å². The molecular weight excluding hydrogens is 444 g/mol. The maximum absolute atomic E-state index is 4.78. The topological polar surface area (TPSA) is 0 Å². The van der Waals surface area contributed by atoms with Crippen LogP contribution in [0, 0.1) is 5.92 Å². The number of aryl methyl sites for hydroxylation is 2. The number of hydrogen-bond donors (Lipinski definition) is 0. The van der Waals surface area contributed by atoms with Gasteiger partial charge in [-0.3, -0.25) is 0 Å². The second kappa shape index (κ2) is 10.3. The largest absolute Gasteiger partial charge is 0.0955 e. The van der Waals surface area contributed by atoms with E-state index in [-0.39, 0.29) is 0 Å². The lowest BCUT2D eigenvalue weighted by Gasteiger charge is -2.35. The van der Waals surface area contributed by atoms with Crippen molar-refractivity contribution in [3.05, 3.63) is 135 Å². The maximum Gasteiger partial charge on any atom is 0.0201 e. The molecule has 3 aliphatic rings. The van der Waals surface area contributed by atoms with Crippen molar-refractivity contribution in [2.45, 2.75) is 79.1 Å². The van der Waals surface area contributed by atoms with E-state index < -0.39 is 0 Å². The monoisotopic (exact) mass is 486 g/mol. The highest BCUT2D eigenvalue weighted by Crippen LogP contribution is 2.55. The SMILES string of the molecule is C=C(CCC)C1=C(C)C=C2CC(=CC3=C(C)Cc4ccccc43)C(=C)C2C1c1ccc(CC)c(CC)c1. The Bertz CT molecular complexity index is 1400. The van der Waals surface area contributed by atoms with E-state index in [4.69, 9.17) is 6.58 Å². The van der Waals surface area contributed by atoms with E-state index in [1.807, 2.05) is 0 Å². The lowest BCUT2D eigenvalue weighted by atomic mass is 9.68. The molecule has 2 aromatic rings. The molecule has 0 aliphatic heterocycles. The first-order chi connectivity index (χ1) is 17.9. The zero-order valence-electron chi connectivity index (χ0n) is 23.5. The van der Waals surface area contributed by atoms with E-state index in [0.717, 1.165) is 38.5 Å². The quantitative estimate of drug-likeness (QED) is 0.365. The zero-order valence-corrected chi connectivity index (χ0v) is 23.5. The fraction of sp³-hybridized carbons (Fsp3) is 0.351. The first-order valence-corrected chi connectivity index (χ1v) is 14.3. The van der Waals surface area contributed by atoms with Gasteiger partial charge in [0, 0.05) is 11.8 Å². The Balaban J connectivity index is 1.61. The summed E-state index contributed by atoms with van der Waals surface area (Å²) in [6.07, 6.45) is 11.3. The molecule has 5 rings (SSSR count). The molecule has 1 saturated carbocycles. The number of benzene rings is 2. The fourth-order valence-electron chi connectivity index (χ4n) is 7.07. The smallest absolute Gasteiger partial charge is 0.0201 e. The molecule has 0 nitrogen and oxygen atoms in total. The molecule has 0 heteroatoms. The van der Waals surface area contributed by atoms with Gasteiger partial charge in [0.2, 0.25) is 0 Å². The molecule has 0 amide bonds. The molecule has 0 radical (unpaired) electrons. The van der Waals surface area contributed by atoms with Crippen LogP contribution in [-0.2, 0) is 19.3 Å². The van der Waals surface area contributed by atoms with E-state index >= 15 is 0 Å². The summed E-state index contributed by atoms with van der Waals surface area (Å²) in [6.45, 7) is 20.8. The van der Waals surface area contributed by atoms with Crippen molar-refractivity contribution >= 4 is 5.57 Å². The molecule has 37 heavy (non-hydrogen) atoms. The van der Waals surface area contributed by atoms with Gasteiger partial charge in [-0.2, -0.15) is 0 Å². The van der Waals surface area contributed by atoms with E-state index in [0.29, 0.717) is 11.8 Å². The molecule has 0 heterocycles. The van der Waals surface area contributed by atoms with E-state index in [9.17, 15) is 0 Å². The molecule has 1 fully saturated rings. The molecule has 0 aromatic heterocycles. The molecule has 2 unspecified atom stereocenters. The average molecular weight is 487 g/mol. The van der Waals surface area contributed by atoms with Gasteiger partial charge in [0.1, 0.15) is 0 Å². The van der Waals surface area contributed by atoms with Crippen molar-refractivity contribution in [2.24, 2.45) is 5.92 Å². The molecule has 2 aromatic carbocycles. The Morgan fingerprint density at radius 3 is 2.43 bits per heavy atom. The molecule has 190 valence electrons. The van der Waals surface area contributed by atoms with Crippen molar-refractivity contribution in [3.63, 3.8) is 0 Å². The number of fused-ring (bicyclic) bond motifs is 2.